The zero-order chi connectivity index (χ0) is 29.6. The van der Waals surface area contributed by atoms with Crippen molar-refractivity contribution in [2.45, 2.75) is 52.4 Å². The van der Waals surface area contributed by atoms with E-state index in [1.807, 2.05) is 60.8 Å². The van der Waals surface area contributed by atoms with Gasteiger partial charge in [-0.05, 0) is 74.3 Å². The topological polar surface area (TPSA) is 88.1 Å². The van der Waals surface area contributed by atoms with Crippen LogP contribution in [-0.4, -0.2) is 60.2 Å². The van der Waals surface area contributed by atoms with Crippen LogP contribution in [0.3, 0.4) is 0 Å². The van der Waals surface area contributed by atoms with E-state index in [9.17, 15) is 14.7 Å². The molecule has 0 heterocycles. The Balaban J connectivity index is 1.56. The van der Waals surface area contributed by atoms with Crippen molar-refractivity contribution < 1.29 is 24.2 Å². The molecule has 3 aromatic carbocycles. The molecular weight excluding hydrogens is 536 g/mol. The SMILES string of the molecule is CCOC(Cc1ccc(OCCN(CCCSCc2ccccc2)C(=O)Nc2c(C)cc(C)cc2C)cc1)C(=O)O. The number of nitrogens with one attached hydrogen (secondary N) is 1. The summed E-state index contributed by atoms with van der Waals surface area (Å²) >= 11 is 1.87. The van der Waals surface area contributed by atoms with Gasteiger partial charge in [0.25, 0.3) is 0 Å². The number of hydrogen-bond acceptors (Lipinski definition) is 5. The number of carbonyl (C=O) groups is 2. The second-order valence-corrected chi connectivity index (χ2v) is 11.2. The van der Waals surface area contributed by atoms with Gasteiger partial charge in [-0.1, -0.05) is 60.2 Å². The summed E-state index contributed by atoms with van der Waals surface area (Å²) in [7, 11) is 0. The molecule has 0 bridgehead atoms. The number of benzene rings is 3. The molecule has 0 aliphatic heterocycles. The van der Waals surface area contributed by atoms with Crippen molar-refractivity contribution in [2.24, 2.45) is 0 Å². The molecule has 0 saturated heterocycles. The highest BCUT2D eigenvalue weighted by Crippen LogP contribution is 2.23. The van der Waals surface area contributed by atoms with Crippen molar-refractivity contribution in [3.8, 4) is 5.75 Å². The van der Waals surface area contributed by atoms with E-state index >= 15 is 0 Å². The van der Waals surface area contributed by atoms with Crippen molar-refractivity contribution in [3.63, 3.8) is 0 Å². The zero-order valence-corrected chi connectivity index (χ0v) is 25.3. The molecule has 220 valence electrons. The van der Waals surface area contributed by atoms with Crippen molar-refractivity contribution in [2.75, 3.05) is 37.4 Å². The number of urea groups is 1. The Kier molecular flexibility index (Phi) is 13.0. The monoisotopic (exact) mass is 578 g/mol. The van der Waals surface area contributed by atoms with Gasteiger partial charge < -0.3 is 24.8 Å². The van der Waals surface area contributed by atoms with Crippen molar-refractivity contribution in [1.29, 1.82) is 0 Å². The summed E-state index contributed by atoms with van der Waals surface area (Å²) in [6, 6.07) is 21.8. The van der Waals surface area contributed by atoms with Gasteiger partial charge in [0.05, 0.1) is 6.54 Å². The lowest BCUT2D eigenvalue weighted by Crippen LogP contribution is -2.39. The first-order valence-electron chi connectivity index (χ1n) is 14.1. The third-order valence-corrected chi connectivity index (χ3v) is 7.76. The fourth-order valence-corrected chi connectivity index (χ4v) is 5.53. The number of thioether (sulfide) groups is 1. The average Bonchev–Trinajstić information content (AvgIpc) is 2.94. The Bertz CT molecular complexity index is 1230. The van der Waals surface area contributed by atoms with Crippen LogP contribution in [0.1, 0.15) is 41.2 Å². The number of rotatable bonds is 16. The average molecular weight is 579 g/mol. The van der Waals surface area contributed by atoms with Gasteiger partial charge in [-0.3, -0.25) is 0 Å². The van der Waals surface area contributed by atoms with Gasteiger partial charge in [0.2, 0.25) is 0 Å². The molecule has 0 aliphatic rings. The maximum absolute atomic E-state index is 13.4. The van der Waals surface area contributed by atoms with Crippen LogP contribution in [0.5, 0.6) is 5.75 Å². The Morgan fingerprint density at radius 1 is 0.951 bits per heavy atom. The molecule has 3 rings (SSSR count). The first-order chi connectivity index (χ1) is 19.8. The Morgan fingerprint density at radius 2 is 1.63 bits per heavy atom. The quantitative estimate of drug-likeness (QED) is 0.180. The number of amides is 2. The fourth-order valence-electron chi connectivity index (χ4n) is 4.63. The van der Waals surface area contributed by atoms with E-state index in [2.05, 4.69) is 48.6 Å². The number of nitrogens with zero attached hydrogens (tertiary/aromatic N) is 1. The molecule has 2 amide bonds. The molecule has 0 aromatic heterocycles. The van der Waals surface area contributed by atoms with Crippen LogP contribution in [0.2, 0.25) is 0 Å². The second-order valence-electron chi connectivity index (χ2n) is 10.1. The van der Waals surface area contributed by atoms with Gasteiger partial charge in [-0.2, -0.15) is 11.8 Å². The highest BCUT2D eigenvalue weighted by molar-refractivity contribution is 7.98. The summed E-state index contributed by atoms with van der Waals surface area (Å²) in [6.07, 6.45) is 0.290. The molecule has 1 atom stereocenters. The predicted molar refractivity (Wildman–Crippen MR) is 167 cm³/mol. The molecule has 8 heteroatoms. The molecule has 3 aromatic rings. The van der Waals surface area contributed by atoms with Crippen LogP contribution in [0.4, 0.5) is 10.5 Å². The molecule has 41 heavy (non-hydrogen) atoms. The standard InChI is InChI=1S/C33H42N2O5S/c1-5-39-30(32(36)37)22-27-12-14-29(15-13-27)40-18-17-35(16-9-19-41-23-28-10-7-6-8-11-28)33(38)34-31-25(3)20-24(2)21-26(31)4/h6-8,10-15,20-21,30H,5,9,16-19,22-23H2,1-4H3,(H,34,38)(H,36,37). The van der Waals surface area contributed by atoms with Gasteiger partial charge >= 0.3 is 12.0 Å². The zero-order valence-electron chi connectivity index (χ0n) is 24.5. The lowest BCUT2D eigenvalue weighted by molar-refractivity contribution is -0.149. The number of hydrogen-bond donors (Lipinski definition) is 2. The maximum Gasteiger partial charge on any atom is 0.333 e. The van der Waals surface area contributed by atoms with Gasteiger partial charge in [0, 0.05) is 31.0 Å². The van der Waals surface area contributed by atoms with E-state index in [0.717, 1.165) is 40.3 Å². The molecule has 0 aliphatic carbocycles. The highest BCUT2D eigenvalue weighted by Gasteiger charge is 2.18. The van der Waals surface area contributed by atoms with Crippen molar-refractivity contribution >= 4 is 29.4 Å². The smallest absolute Gasteiger partial charge is 0.333 e. The van der Waals surface area contributed by atoms with Crippen LogP contribution < -0.4 is 10.1 Å². The minimum absolute atomic E-state index is 0.136. The minimum Gasteiger partial charge on any atom is -0.492 e. The van der Waals surface area contributed by atoms with Gasteiger partial charge in [-0.25, -0.2) is 9.59 Å². The van der Waals surface area contributed by atoms with E-state index in [1.165, 1.54) is 11.1 Å². The third-order valence-electron chi connectivity index (χ3n) is 6.64. The Labute approximate surface area is 248 Å². The molecular formula is C33H42N2O5S. The first-order valence-corrected chi connectivity index (χ1v) is 15.2. The fraction of sp³-hybridized carbons (Fsp3) is 0.394. The van der Waals surface area contributed by atoms with Crippen LogP contribution in [-0.2, 0) is 21.7 Å². The van der Waals surface area contributed by atoms with Crippen molar-refractivity contribution in [1.82, 2.24) is 4.90 Å². The van der Waals surface area contributed by atoms with Crippen LogP contribution in [0.15, 0.2) is 66.7 Å². The molecule has 0 fully saturated rings. The number of carboxylic acid groups (broad SMARTS) is 1. The van der Waals surface area contributed by atoms with E-state index in [1.54, 1.807) is 6.92 Å². The highest BCUT2D eigenvalue weighted by atomic mass is 32.2. The molecule has 2 N–H and O–H groups in total. The predicted octanol–water partition coefficient (Wildman–Crippen LogP) is 6.88. The van der Waals surface area contributed by atoms with Gasteiger partial charge in [-0.15, -0.1) is 0 Å². The van der Waals surface area contributed by atoms with E-state index in [-0.39, 0.29) is 12.5 Å². The maximum atomic E-state index is 13.4. The number of ether oxygens (including phenoxy) is 2. The molecule has 0 saturated carbocycles. The lowest BCUT2D eigenvalue weighted by Gasteiger charge is -2.24. The first kappa shape index (κ1) is 32.0. The lowest BCUT2D eigenvalue weighted by atomic mass is 10.1. The second kappa shape index (κ2) is 16.7. The van der Waals surface area contributed by atoms with Crippen LogP contribution in [0.25, 0.3) is 0 Å². The summed E-state index contributed by atoms with van der Waals surface area (Å²) in [4.78, 5) is 26.6. The number of aliphatic carboxylic acids is 1. The number of anilines is 1. The molecule has 1 unspecified atom stereocenters. The number of carboxylic acids is 1. The summed E-state index contributed by atoms with van der Waals surface area (Å²) in [5.41, 5.74) is 6.26. The summed E-state index contributed by atoms with van der Waals surface area (Å²) in [6.45, 7) is 9.60. The number of carbonyl (C=O) groups excluding carboxylic acids is 1. The normalized spacial score (nSPS) is 11.6. The molecule has 7 nitrogen and oxygen atoms in total. The summed E-state index contributed by atoms with van der Waals surface area (Å²) < 4.78 is 11.3. The Hall–Kier alpha value is -3.49. The largest absolute Gasteiger partial charge is 0.492 e. The Morgan fingerprint density at radius 3 is 2.27 bits per heavy atom. The molecule has 0 radical (unpaired) electrons. The molecule has 0 spiro atoms. The van der Waals surface area contributed by atoms with Gasteiger partial charge in [0.1, 0.15) is 12.4 Å². The van der Waals surface area contributed by atoms with E-state index in [4.69, 9.17) is 9.47 Å². The van der Waals surface area contributed by atoms with Crippen molar-refractivity contribution in [3.05, 3.63) is 94.5 Å². The van der Waals surface area contributed by atoms with Gasteiger partial charge in [0.15, 0.2) is 6.10 Å². The summed E-state index contributed by atoms with van der Waals surface area (Å²) in [5, 5.41) is 12.5. The number of aryl methyl sites for hydroxylation is 3. The van der Waals surface area contributed by atoms with E-state index in [0.29, 0.717) is 32.1 Å². The third kappa shape index (κ3) is 10.8. The minimum atomic E-state index is -0.972. The van der Waals surface area contributed by atoms with E-state index < -0.39 is 12.1 Å². The van der Waals surface area contributed by atoms with Crippen LogP contribution in [0, 0.1) is 20.8 Å². The van der Waals surface area contributed by atoms with Crippen LogP contribution >= 0.6 is 11.8 Å². The summed E-state index contributed by atoms with van der Waals surface area (Å²) in [5.74, 6) is 1.59.